The molecule has 3 rings (SSSR count). The lowest BCUT2D eigenvalue weighted by atomic mass is 10.2. The van der Waals surface area contributed by atoms with E-state index in [2.05, 4.69) is 25.0 Å². The quantitative estimate of drug-likeness (QED) is 0.496. The molecule has 0 bridgehead atoms. The summed E-state index contributed by atoms with van der Waals surface area (Å²) < 4.78 is 5.75. The van der Waals surface area contributed by atoms with Crippen molar-refractivity contribution in [1.82, 2.24) is 25.0 Å². The molecule has 1 N–H and O–H groups in total. The fourth-order valence-corrected chi connectivity index (χ4v) is 2.94. The number of hydrogen-bond acceptors (Lipinski definition) is 7. The molecule has 3 aromatic rings. The summed E-state index contributed by atoms with van der Waals surface area (Å²) in [5, 5.41) is 6.43. The van der Waals surface area contributed by atoms with Crippen molar-refractivity contribution < 1.29 is 9.32 Å². The number of carbonyl (C=O) groups is 1. The molecule has 0 saturated heterocycles. The number of hydrogen-bond donors (Lipinski definition) is 1. The van der Waals surface area contributed by atoms with Crippen LogP contribution < -0.4 is 11.1 Å². The fourth-order valence-electron chi connectivity index (χ4n) is 2.18. The maximum Gasteiger partial charge on any atom is 0.442 e. The van der Waals surface area contributed by atoms with Gasteiger partial charge >= 0.3 is 5.76 Å². The Hall–Kier alpha value is -2.94. The van der Waals surface area contributed by atoms with Gasteiger partial charge in [0.25, 0.3) is 0 Å². The van der Waals surface area contributed by atoms with Gasteiger partial charge in [-0.1, -0.05) is 22.9 Å². The number of aromatic nitrogens is 4. The molecule has 0 fully saturated rings. The zero-order chi connectivity index (χ0) is 18.4. The van der Waals surface area contributed by atoms with E-state index in [1.165, 1.54) is 18.0 Å². The van der Waals surface area contributed by atoms with Gasteiger partial charge in [0.15, 0.2) is 5.82 Å². The van der Waals surface area contributed by atoms with Gasteiger partial charge in [0, 0.05) is 29.6 Å². The van der Waals surface area contributed by atoms with Gasteiger partial charge in [-0.25, -0.2) is 19.3 Å². The Morgan fingerprint density at radius 3 is 2.69 bits per heavy atom. The molecule has 2 heterocycles. The summed E-state index contributed by atoms with van der Waals surface area (Å²) in [6.07, 6.45) is 3.04. The Morgan fingerprint density at radius 1 is 1.23 bits per heavy atom. The van der Waals surface area contributed by atoms with Crippen LogP contribution in [0.2, 0.25) is 0 Å². The zero-order valence-corrected chi connectivity index (χ0v) is 14.9. The molecule has 0 aliphatic rings. The molecule has 0 unspecified atom stereocenters. The second-order valence-corrected chi connectivity index (χ2v) is 6.61. The van der Waals surface area contributed by atoms with Crippen LogP contribution in [0, 0.1) is 6.92 Å². The summed E-state index contributed by atoms with van der Waals surface area (Å²) in [5.74, 6) is 0.0385. The SMILES string of the molecule is Cc1ccc(SCCNC(=O)Cn2c(-c3ncccn3)noc2=O)cc1. The Kier molecular flexibility index (Phi) is 5.80. The highest BCUT2D eigenvalue weighted by atomic mass is 32.2. The van der Waals surface area contributed by atoms with Crippen molar-refractivity contribution in [3.05, 3.63) is 58.8 Å². The minimum Gasteiger partial charge on any atom is -0.354 e. The van der Waals surface area contributed by atoms with Crippen molar-refractivity contribution in [2.45, 2.75) is 18.4 Å². The third kappa shape index (κ3) is 4.57. The van der Waals surface area contributed by atoms with Gasteiger partial charge < -0.3 is 5.32 Å². The first-order valence-corrected chi connectivity index (χ1v) is 8.92. The smallest absolute Gasteiger partial charge is 0.354 e. The van der Waals surface area contributed by atoms with Crippen LogP contribution in [0.1, 0.15) is 5.56 Å². The van der Waals surface area contributed by atoms with Gasteiger partial charge in [0.2, 0.25) is 11.7 Å². The minimum atomic E-state index is -0.725. The van der Waals surface area contributed by atoms with Gasteiger partial charge in [-0.05, 0) is 25.1 Å². The topological polar surface area (TPSA) is 103 Å². The molecule has 134 valence electrons. The molecule has 0 saturated carbocycles. The van der Waals surface area contributed by atoms with Crippen molar-refractivity contribution in [3.8, 4) is 11.6 Å². The molecule has 0 spiro atoms. The minimum absolute atomic E-state index is 0.125. The first kappa shape index (κ1) is 17.9. The first-order valence-electron chi connectivity index (χ1n) is 7.93. The molecule has 0 aliphatic heterocycles. The number of benzene rings is 1. The summed E-state index contributed by atoms with van der Waals surface area (Å²) in [5.41, 5.74) is 1.21. The van der Waals surface area contributed by atoms with Crippen LogP contribution in [0.25, 0.3) is 11.6 Å². The normalized spacial score (nSPS) is 10.7. The van der Waals surface area contributed by atoms with Crippen LogP contribution in [-0.2, 0) is 11.3 Å². The molecular formula is C17H17N5O3S. The van der Waals surface area contributed by atoms with Gasteiger partial charge in [0.1, 0.15) is 6.54 Å². The molecule has 0 atom stereocenters. The van der Waals surface area contributed by atoms with Crippen molar-refractivity contribution >= 4 is 17.7 Å². The molecule has 2 aromatic heterocycles. The lowest BCUT2D eigenvalue weighted by molar-refractivity contribution is -0.121. The monoisotopic (exact) mass is 371 g/mol. The van der Waals surface area contributed by atoms with Crippen molar-refractivity contribution in [2.75, 3.05) is 12.3 Å². The third-order valence-corrected chi connectivity index (χ3v) is 4.48. The predicted octanol–water partition coefficient (Wildman–Crippen LogP) is 1.51. The number of nitrogens with one attached hydrogen (secondary N) is 1. The molecule has 1 aromatic carbocycles. The van der Waals surface area contributed by atoms with E-state index >= 15 is 0 Å². The highest BCUT2D eigenvalue weighted by Gasteiger charge is 2.17. The number of thioether (sulfide) groups is 1. The van der Waals surface area contributed by atoms with Crippen LogP contribution in [0.3, 0.4) is 0 Å². The number of rotatable bonds is 7. The lowest BCUT2D eigenvalue weighted by Crippen LogP contribution is -2.32. The summed E-state index contributed by atoms with van der Waals surface area (Å²) in [7, 11) is 0. The van der Waals surface area contributed by atoms with Crippen LogP contribution in [0.5, 0.6) is 0 Å². The Bertz CT molecular complexity index is 922. The highest BCUT2D eigenvalue weighted by Crippen LogP contribution is 2.17. The largest absolute Gasteiger partial charge is 0.442 e. The van der Waals surface area contributed by atoms with E-state index in [1.807, 2.05) is 31.2 Å². The summed E-state index contributed by atoms with van der Waals surface area (Å²) >= 11 is 1.65. The van der Waals surface area contributed by atoms with E-state index in [1.54, 1.807) is 17.8 Å². The van der Waals surface area contributed by atoms with Gasteiger partial charge in [-0.2, -0.15) is 0 Å². The molecular weight excluding hydrogens is 354 g/mol. The van der Waals surface area contributed by atoms with Crippen molar-refractivity contribution in [1.29, 1.82) is 0 Å². The van der Waals surface area contributed by atoms with E-state index in [-0.39, 0.29) is 24.1 Å². The second kappa shape index (κ2) is 8.43. The first-order chi connectivity index (χ1) is 12.6. The lowest BCUT2D eigenvalue weighted by Gasteiger charge is -2.06. The number of nitrogens with zero attached hydrogens (tertiary/aromatic N) is 4. The van der Waals surface area contributed by atoms with Crippen LogP contribution >= 0.6 is 11.8 Å². The van der Waals surface area contributed by atoms with Gasteiger partial charge in [0.05, 0.1) is 0 Å². The summed E-state index contributed by atoms with van der Waals surface area (Å²) in [6, 6.07) is 9.83. The second-order valence-electron chi connectivity index (χ2n) is 5.44. The fraction of sp³-hybridized carbons (Fsp3) is 0.235. The Balaban J connectivity index is 1.53. The Labute approximate surface area is 153 Å². The average molecular weight is 371 g/mol. The van der Waals surface area contributed by atoms with Crippen molar-refractivity contribution in [2.24, 2.45) is 0 Å². The third-order valence-electron chi connectivity index (χ3n) is 3.47. The molecule has 9 heteroatoms. The predicted molar refractivity (Wildman–Crippen MR) is 96.7 cm³/mol. The molecule has 0 aliphatic carbocycles. The van der Waals surface area contributed by atoms with Crippen LogP contribution in [0.4, 0.5) is 0 Å². The number of amides is 1. The average Bonchev–Trinajstić information content (AvgIpc) is 3.01. The highest BCUT2D eigenvalue weighted by molar-refractivity contribution is 7.99. The summed E-state index contributed by atoms with van der Waals surface area (Å²) in [6.45, 7) is 2.32. The van der Waals surface area contributed by atoms with Crippen molar-refractivity contribution in [3.63, 3.8) is 0 Å². The Morgan fingerprint density at radius 2 is 1.96 bits per heavy atom. The maximum atomic E-state index is 12.1. The van der Waals surface area contributed by atoms with Gasteiger partial charge in [-0.3, -0.25) is 9.32 Å². The molecule has 1 amide bonds. The molecule has 8 nitrogen and oxygen atoms in total. The molecule has 26 heavy (non-hydrogen) atoms. The van der Waals surface area contributed by atoms with E-state index in [0.29, 0.717) is 6.54 Å². The summed E-state index contributed by atoms with van der Waals surface area (Å²) in [4.78, 5) is 33.1. The number of aryl methyl sites for hydroxylation is 1. The zero-order valence-electron chi connectivity index (χ0n) is 14.1. The van der Waals surface area contributed by atoms with E-state index in [4.69, 9.17) is 0 Å². The van der Waals surface area contributed by atoms with E-state index in [9.17, 15) is 9.59 Å². The standard InChI is InChI=1S/C17H17N5O3S/c1-12-3-5-13(6-4-12)26-10-9-18-14(23)11-22-16(21-25-17(22)24)15-19-7-2-8-20-15/h2-8H,9-11H2,1H3,(H,18,23). The van der Waals surface area contributed by atoms with E-state index < -0.39 is 5.76 Å². The van der Waals surface area contributed by atoms with Gasteiger partial charge in [-0.15, -0.1) is 11.8 Å². The van der Waals surface area contributed by atoms with E-state index in [0.717, 1.165) is 15.2 Å². The van der Waals surface area contributed by atoms with Crippen LogP contribution in [0.15, 0.2) is 56.9 Å². The van der Waals surface area contributed by atoms with Crippen LogP contribution in [-0.4, -0.2) is 37.9 Å². The maximum absolute atomic E-state index is 12.1. The molecule has 0 radical (unpaired) electrons. The number of carbonyl (C=O) groups excluding carboxylic acids is 1.